The maximum Gasteiger partial charge on any atom is 0.219 e. The van der Waals surface area contributed by atoms with Gasteiger partial charge in [-0.25, -0.2) is 9.97 Å². The van der Waals surface area contributed by atoms with Gasteiger partial charge in [-0.05, 0) is 37.8 Å². The second kappa shape index (κ2) is 8.02. The van der Waals surface area contributed by atoms with Crippen LogP contribution < -0.4 is 11.1 Å². The minimum Gasteiger partial charge on any atom is -0.381 e. The van der Waals surface area contributed by atoms with Gasteiger partial charge in [-0.15, -0.1) is 0 Å². The van der Waals surface area contributed by atoms with E-state index in [-0.39, 0.29) is 18.4 Å². The van der Waals surface area contributed by atoms with E-state index in [9.17, 15) is 4.79 Å². The summed E-state index contributed by atoms with van der Waals surface area (Å²) in [7, 11) is 0. The third-order valence-corrected chi connectivity index (χ3v) is 4.35. The molecule has 25 heavy (non-hydrogen) atoms. The number of primary amides is 1. The standard InChI is InChI=1S/C18H23N5O2/c1-12-21-16(14-4-2-3-7-20-14)11-18(22-12)23-15(10-17(19)24)13-5-8-25-9-6-13/h2-4,7,11,13,15H,5-6,8-10H2,1H3,(H2,19,24)(H,21,22,23). The number of anilines is 1. The third kappa shape index (κ3) is 4.73. The largest absolute Gasteiger partial charge is 0.381 e. The van der Waals surface area contributed by atoms with Gasteiger partial charge in [0.1, 0.15) is 11.6 Å². The number of pyridine rings is 1. The van der Waals surface area contributed by atoms with Crippen molar-refractivity contribution in [2.24, 2.45) is 11.7 Å². The summed E-state index contributed by atoms with van der Waals surface area (Å²) in [5, 5.41) is 3.40. The van der Waals surface area contributed by atoms with E-state index in [0.29, 0.717) is 30.8 Å². The summed E-state index contributed by atoms with van der Waals surface area (Å²) in [5.41, 5.74) is 6.99. The van der Waals surface area contributed by atoms with Gasteiger partial charge >= 0.3 is 0 Å². The number of carbonyl (C=O) groups is 1. The number of nitrogens with zero attached hydrogens (tertiary/aromatic N) is 3. The molecule has 0 aromatic carbocycles. The van der Waals surface area contributed by atoms with Crippen LogP contribution in [0.1, 0.15) is 25.1 Å². The van der Waals surface area contributed by atoms with E-state index in [1.807, 2.05) is 31.2 Å². The Hall–Kier alpha value is -2.54. The van der Waals surface area contributed by atoms with Crippen molar-refractivity contribution in [1.82, 2.24) is 15.0 Å². The molecule has 1 fully saturated rings. The lowest BCUT2D eigenvalue weighted by atomic mass is 9.89. The number of hydrogen-bond donors (Lipinski definition) is 2. The lowest BCUT2D eigenvalue weighted by molar-refractivity contribution is -0.118. The molecular formula is C18H23N5O2. The molecule has 1 saturated heterocycles. The molecule has 1 amide bonds. The Morgan fingerprint density at radius 1 is 1.32 bits per heavy atom. The van der Waals surface area contributed by atoms with Gasteiger partial charge in [0.2, 0.25) is 5.91 Å². The summed E-state index contributed by atoms with van der Waals surface area (Å²) >= 11 is 0. The number of carbonyl (C=O) groups excluding carboxylic acids is 1. The van der Waals surface area contributed by atoms with E-state index in [2.05, 4.69) is 20.3 Å². The van der Waals surface area contributed by atoms with E-state index in [1.165, 1.54) is 0 Å². The Morgan fingerprint density at radius 3 is 2.80 bits per heavy atom. The monoisotopic (exact) mass is 341 g/mol. The predicted octanol–water partition coefficient (Wildman–Crippen LogP) is 1.93. The zero-order chi connectivity index (χ0) is 17.6. The molecule has 1 unspecified atom stereocenters. The van der Waals surface area contributed by atoms with Crippen molar-refractivity contribution < 1.29 is 9.53 Å². The van der Waals surface area contributed by atoms with Gasteiger partial charge in [-0.2, -0.15) is 0 Å². The average Bonchev–Trinajstić information content (AvgIpc) is 2.62. The van der Waals surface area contributed by atoms with Crippen molar-refractivity contribution in [2.75, 3.05) is 18.5 Å². The molecule has 132 valence electrons. The molecule has 2 aromatic heterocycles. The van der Waals surface area contributed by atoms with Crippen molar-refractivity contribution in [1.29, 1.82) is 0 Å². The molecule has 0 saturated carbocycles. The second-order valence-corrected chi connectivity index (χ2v) is 6.27. The van der Waals surface area contributed by atoms with Crippen LogP contribution in [0.15, 0.2) is 30.5 Å². The highest BCUT2D eigenvalue weighted by Crippen LogP contribution is 2.25. The van der Waals surface area contributed by atoms with Crippen LogP contribution in [0.25, 0.3) is 11.4 Å². The van der Waals surface area contributed by atoms with Gasteiger partial charge in [0.05, 0.1) is 11.4 Å². The number of aryl methyl sites for hydroxylation is 1. The van der Waals surface area contributed by atoms with Gasteiger partial charge in [0.25, 0.3) is 0 Å². The number of aromatic nitrogens is 3. The molecule has 0 bridgehead atoms. The molecule has 3 heterocycles. The maximum absolute atomic E-state index is 11.5. The highest BCUT2D eigenvalue weighted by atomic mass is 16.5. The number of hydrogen-bond acceptors (Lipinski definition) is 6. The Balaban J connectivity index is 1.83. The zero-order valence-corrected chi connectivity index (χ0v) is 14.3. The molecule has 7 heteroatoms. The number of nitrogens with two attached hydrogens (primary N) is 1. The van der Waals surface area contributed by atoms with Gasteiger partial charge in [0, 0.05) is 37.9 Å². The first-order valence-corrected chi connectivity index (χ1v) is 8.51. The van der Waals surface area contributed by atoms with Crippen molar-refractivity contribution in [3.8, 4) is 11.4 Å². The Labute approximate surface area is 147 Å². The highest BCUT2D eigenvalue weighted by molar-refractivity contribution is 5.75. The van der Waals surface area contributed by atoms with E-state index in [4.69, 9.17) is 10.5 Å². The van der Waals surface area contributed by atoms with Crippen LogP contribution in [0.3, 0.4) is 0 Å². The molecule has 3 rings (SSSR count). The number of amides is 1. The lowest BCUT2D eigenvalue weighted by Crippen LogP contribution is -2.37. The van der Waals surface area contributed by atoms with Crippen molar-refractivity contribution in [3.05, 3.63) is 36.3 Å². The van der Waals surface area contributed by atoms with Crippen LogP contribution in [0.4, 0.5) is 5.82 Å². The molecule has 0 aliphatic carbocycles. The van der Waals surface area contributed by atoms with E-state index >= 15 is 0 Å². The zero-order valence-electron chi connectivity index (χ0n) is 14.3. The number of rotatable bonds is 6. The molecule has 1 aliphatic rings. The van der Waals surface area contributed by atoms with E-state index < -0.39 is 0 Å². The molecule has 1 aliphatic heterocycles. The first-order valence-electron chi connectivity index (χ1n) is 8.51. The average molecular weight is 341 g/mol. The van der Waals surface area contributed by atoms with Crippen LogP contribution in [-0.4, -0.2) is 40.1 Å². The quantitative estimate of drug-likeness (QED) is 0.832. The maximum atomic E-state index is 11.5. The summed E-state index contributed by atoms with van der Waals surface area (Å²) in [4.78, 5) is 24.8. The smallest absolute Gasteiger partial charge is 0.219 e. The number of nitrogens with one attached hydrogen (secondary N) is 1. The minimum absolute atomic E-state index is 0.0627. The predicted molar refractivity (Wildman–Crippen MR) is 94.8 cm³/mol. The van der Waals surface area contributed by atoms with Gasteiger partial charge < -0.3 is 15.8 Å². The second-order valence-electron chi connectivity index (χ2n) is 6.27. The van der Waals surface area contributed by atoms with Crippen molar-refractivity contribution in [2.45, 2.75) is 32.2 Å². The molecule has 0 radical (unpaired) electrons. The van der Waals surface area contributed by atoms with Crippen molar-refractivity contribution >= 4 is 11.7 Å². The summed E-state index contributed by atoms with van der Waals surface area (Å²) in [6.07, 6.45) is 3.81. The van der Waals surface area contributed by atoms with Crippen LogP contribution in [0.5, 0.6) is 0 Å². The Kier molecular flexibility index (Phi) is 5.55. The van der Waals surface area contributed by atoms with Gasteiger partial charge in [-0.1, -0.05) is 6.07 Å². The van der Waals surface area contributed by atoms with Gasteiger partial charge in [-0.3, -0.25) is 9.78 Å². The topological polar surface area (TPSA) is 103 Å². The van der Waals surface area contributed by atoms with Crippen molar-refractivity contribution in [3.63, 3.8) is 0 Å². The van der Waals surface area contributed by atoms with E-state index in [0.717, 1.165) is 24.2 Å². The fourth-order valence-corrected chi connectivity index (χ4v) is 3.15. The Bertz CT molecular complexity index is 717. The SMILES string of the molecule is Cc1nc(NC(CC(N)=O)C2CCOCC2)cc(-c2ccccn2)n1. The summed E-state index contributed by atoms with van der Waals surface area (Å²) in [6, 6.07) is 7.50. The van der Waals surface area contributed by atoms with Crippen LogP contribution in [0.2, 0.25) is 0 Å². The summed E-state index contributed by atoms with van der Waals surface area (Å²) < 4.78 is 5.42. The van der Waals surface area contributed by atoms with Crippen LogP contribution >= 0.6 is 0 Å². The fourth-order valence-electron chi connectivity index (χ4n) is 3.15. The fraction of sp³-hybridized carbons (Fsp3) is 0.444. The minimum atomic E-state index is -0.320. The third-order valence-electron chi connectivity index (χ3n) is 4.35. The first-order chi connectivity index (χ1) is 12.1. The molecule has 2 aromatic rings. The van der Waals surface area contributed by atoms with Crippen LogP contribution in [0, 0.1) is 12.8 Å². The summed E-state index contributed by atoms with van der Waals surface area (Å²) in [6.45, 7) is 3.27. The molecule has 3 N–H and O–H groups in total. The van der Waals surface area contributed by atoms with Gasteiger partial charge in [0.15, 0.2) is 0 Å². The first kappa shape index (κ1) is 17.3. The van der Waals surface area contributed by atoms with E-state index in [1.54, 1.807) is 6.20 Å². The lowest BCUT2D eigenvalue weighted by Gasteiger charge is -2.30. The number of ether oxygens (including phenoxy) is 1. The molecule has 0 spiro atoms. The highest BCUT2D eigenvalue weighted by Gasteiger charge is 2.26. The summed E-state index contributed by atoms with van der Waals surface area (Å²) in [5.74, 6) is 1.34. The normalized spacial score (nSPS) is 16.4. The molecular weight excluding hydrogens is 318 g/mol. The Morgan fingerprint density at radius 2 is 2.12 bits per heavy atom. The molecule has 1 atom stereocenters. The molecule has 7 nitrogen and oxygen atoms in total. The van der Waals surface area contributed by atoms with Crippen LogP contribution in [-0.2, 0) is 9.53 Å².